The number of nitrogens with one attached hydrogen (secondary N) is 1. The Kier molecular flexibility index (Phi) is 4.54. The molecule has 2 aromatic carbocycles. The molecule has 4 aromatic rings. The van der Waals surface area contributed by atoms with Crippen molar-refractivity contribution >= 4 is 33.6 Å². The van der Waals surface area contributed by atoms with Gasteiger partial charge in [-0.25, -0.2) is 15.0 Å². The maximum Gasteiger partial charge on any atom is 0.451 e. The van der Waals surface area contributed by atoms with E-state index in [1.807, 2.05) is 0 Å². The van der Waals surface area contributed by atoms with Gasteiger partial charge in [0.15, 0.2) is 0 Å². The first-order chi connectivity index (χ1) is 13.3. The number of hydrogen-bond acceptors (Lipinski definition) is 5. The van der Waals surface area contributed by atoms with Crippen molar-refractivity contribution in [1.82, 2.24) is 19.9 Å². The van der Waals surface area contributed by atoms with Crippen LogP contribution < -0.4 is 5.56 Å². The van der Waals surface area contributed by atoms with Gasteiger partial charge in [0, 0.05) is 5.39 Å². The van der Waals surface area contributed by atoms with E-state index in [4.69, 9.17) is 0 Å². The summed E-state index contributed by atoms with van der Waals surface area (Å²) in [5, 5.41) is 0.712. The third kappa shape index (κ3) is 3.45. The van der Waals surface area contributed by atoms with Gasteiger partial charge in [-0.2, -0.15) is 13.2 Å². The fourth-order valence-electron chi connectivity index (χ4n) is 2.78. The van der Waals surface area contributed by atoms with Gasteiger partial charge in [0.05, 0.1) is 21.7 Å². The number of H-pyrrole nitrogens is 1. The van der Waals surface area contributed by atoms with Crippen molar-refractivity contribution in [3.63, 3.8) is 0 Å². The number of para-hydroxylation sites is 2. The zero-order chi connectivity index (χ0) is 19.9. The molecule has 0 saturated carbocycles. The molecule has 2 aromatic heterocycles. The van der Waals surface area contributed by atoms with Crippen molar-refractivity contribution in [2.24, 2.45) is 0 Å². The summed E-state index contributed by atoms with van der Waals surface area (Å²) in [5.41, 5.74) is 0.438. The van der Waals surface area contributed by atoms with Gasteiger partial charge in [-0.1, -0.05) is 42.1 Å². The van der Waals surface area contributed by atoms with Crippen LogP contribution in [0.3, 0.4) is 0 Å². The molecule has 0 saturated heterocycles. The molecule has 4 rings (SSSR count). The van der Waals surface area contributed by atoms with Gasteiger partial charge in [0.1, 0.15) is 10.9 Å². The van der Waals surface area contributed by atoms with Crippen molar-refractivity contribution in [2.75, 3.05) is 0 Å². The minimum atomic E-state index is -4.65. The van der Waals surface area contributed by atoms with Crippen molar-refractivity contribution in [3.05, 3.63) is 70.5 Å². The predicted molar refractivity (Wildman–Crippen MR) is 101 cm³/mol. The van der Waals surface area contributed by atoms with Crippen molar-refractivity contribution in [1.29, 1.82) is 0 Å². The van der Waals surface area contributed by atoms with Crippen molar-refractivity contribution in [2.45, 2.75) is 23.4 Å². The van der Waals surface area contributed by atoms with E-state index in [-0.39, 0.29) is 16.1 Å². The van der Waals surface area contributed by atoms with Crippen molar-refractivity contribution in [3.8, 4) is 0 Å². The fraction of sp³-hybridized carbons (Fsp3) is 0.158. The van der Waals surface area contributed by atoms with E-state index in [9.17, 15) is 18.0 Å². The maximum atomic E-state index is 13.2. The largest absolute Gasteiger partial charge is 0.451 e. The van der Waals surface area contributed by atoms with Crippen LogP contribution in [0.25, 0.3) is 21.8 Å². The zero-order valence-corrected chi connectivity index (χ0v) is 15.3. The van der Waals surface area contributed by atoms with E-state index in [1.54, 1.807) is 49.4 Å². The molecule has 5 nitrogen and oxygen atoms in total. The molecule has 28 heavy (non-hydrogen) atoms. The molecule has 9 heteroatoms. The third-order valence-corrected chi connectivity index (χ3v) is 5.24. The zero-order valence-electron chi connectivity index (χ0n) is 14.5. The number of aromatic amines is 1. The summed E-state index contributed by atoms with van der Waals surface area (Å²) in [6.45, 7) is 1.75. The smallest absolute Gasteiger partial charge is 0.309 e. The lowest BCUT2D eigenvalue weighted by Crippen LogP contribution is -2.14. The van der Waals surface area contributed by atoms with Gasteiger partial charge >= 0.3 is 6.18 Å². The van der Waals surface area contributed by atoms with Gasteiger partial charge in [-0.05, 0) is 25.1 Å². The van der Waals surface area contributed by atoms with E-state index in [2.05, 4.69) is 19.9 Å². The average molecular weight is 402 g/mol. The highest BCUT2D eigenvalue weighted by Gasteiger charge is 2.35. The number of rotatable bonds is 3. The minimum Gasteiger partial charge on any atom is -0.309 e. The van der Waals surface area contributed by atoms with Crippen LogP contribution in [-0.2, 0) is 6.18 Å². The molecule has 0 radical (unpaired) electrons. The Morgan fingerprint density at radius 3 is 2.21 bits per heavy atom. The quantitative estimate of drug-likeness (QED) is 0.396. The molecule has 0 bridgehead atoms. The van der Waals surface area contributed by atoms with Gasteiger partial charge in [-0.3, -0.25) is 4.79 Å². The highest BCUT2D eigenvalue weighted by molar-refractivity contribution is 7.99. The Morgan fingerprint density at radius 2 is 1.54 bits per heavy atom. The van der Waals surface area contributed by atoms with Crippen LogP contribution >= 0.6 is 11.8 Å². The van der Waals surface area contributed by atoms with Gasteiger partial charge in [0.2, 0.25) is 5.82 Å². The third-order valence-electron chi connectivity index (χ3n) is 4.13. The lowest BCUT2D eigenvalue weighted by molar-refractivity contribution is -0.145. The first kappa shape index (κ1) is 18.4. The number of thioether (sulfide) groups is 1. The summed E-state index contributed by atoms with van der Waals surface area (Å²) in [5.74, 6) is -0.828. The molecule has 0 amide bonds. The first-order valence-electron chi connectivity index (χ1n) is 8.32. The number of nitrogens with zero attached hydrogens (tertiary/aromatic N) is 3. The Labute approximate surface area is 161 Å². The Bertz CT molecular complexity index is 1240. The van der Waals surface area contributed by atoms with Crippen molar-refractivity contribution < 1.29 is 13.2 Å². The molecule has 0 unspecified atom stereocenters. The van der Waals surface area contributed by atoms with Crippen LogP contribution in [0.15, 0.2) is 58.4 Å². The van der Waals surface area contributed by atoms with E-state index >= 15 is 0 Å². The molecule has 142 valence electrons. The van der Waals surface area contributed by atoms with Gasteiger partial charge < -0.3 is 4.98 Å². The molecular formula is C19H13F3N4OS. The number of aromatic nitrogens is 4. The number of fused-ring (bicyclic) bond motifs is 2. The predicted octanol–water partition coefficient (Wildman–Crippen LogP) is 4.74. The normalized spacial score (nSPS) is 13.1. The van der Waals surface area contributed by atoms with Gasteiger partial charge in [-0.15, -0.1) is 0 Å². The second-order valence-electron chi connectivity index (χ2n) is 6.10. The fourth-order valence-corrected chi connectivity index (χ4v) is 3.78. The van der Waals surface area contributed by atoms with Crippen LogP contribution in [-0.4, -0.2) is 19.9 Å². The first-order valence-corrected chi connectivity index (χ1v) is 9.20. The van der Waals surface area contributed by atoms with E-state index < -0.39 is 17.3 Å². The Hall–Kier alpha value is -2.94. The maximum absolute atomic E-state index is 13.2. The van der Waals surface area contributed by atoms with E-state index in [1.165, 1.54) is 6.07 Å². The number of hydrogen-bond donors (Lipinski definition) is 1. The van der Waals surface area contributed by atoms with Gasteiger partial charge in [0.25, 0.3) is 5.56 Å². The average Bonchev–Trinajstić information content (AvgIpc) is 2.67. The van der Waals surface area contributed by atoms with Crippen LogP contribution in [0.5, 0.6) is 0 Å². The summed E-state index contributed by atoms with van der Waals surface area (Å²) in [6.07, 6.45) is -4.65. The molecule has 0 aliphatic rings. The SMILES string of the molecule is C[C@@H](Sc1nc(C(F)(F)F)nc2ccccc12)c1nc2ccccc2c(=O)[nH]1. The van der Waals surface area contributed by atoms with E-state index in [0.29, 0.717) is 22.1 Å². The summed E-state index contributed by atoms with van der Waals surface area (Å²) in [6, 6.07) is 13.4. The minimum absolute atomic E-state index is 0.182. The second-order valence-corrected chi connectivity index (χ2v) is 7.43. The molecular weight excluding hydrogens is 389 g/mol. The Morgan fingerprint density at radius 1 is 0.929 bits per heavy atom. The Balaban J connectivity index is 1.78. The highest BCUT2D eigenvalue weighted by Crippen LogP contribution is 2.37. The lowest BCUT2D eigenvalue weighted by Gasteiger charge is -2.14. The molecule has 1 atom stereocenters. The molecule has 2 heterocycles. The number of benzene rings is 2. The monoisotopic (exact) mass is 402 g/mol. The molecule has 0 spiro atoms. The number of halogens is 3. The molecule has 0 fully saturated rings. The van der Waals surface area contributed by atoms with Crippen LogP contribution in [0, 0.1) is 0 Å². The topological polar surface area (TPSA) is 71.5 Å². The van der Waals surface area contributed by atoms with E-state index in [0.717, 1.165) is 11.8 Å². The summed E-state index contributed by atoms with van der Waals surface area (Å²) in [4.78, 5) is 26.8. The van der Waals surface area contributed by atoms with Crippen LogP contribution in [0.1, 0.15) is 23.8 Å². The molecule has 1 N–H and O–H groups in total. The summed E-state index contributed by atoms with van der Waals surface area (Å²) in [7, 11) is 0. The molecule has 0 aliphatic heterocycles. The molecule has 0 aliphatic carbocycles. The number of alkyl halides is 3. The summed E-state index contributed by atoms with van der Waals surface area (Å²) >= 11 is 1.09. The lowest BCUT2D eigenvalue weighted by atomic mass is 10.2. The highest BCUT2D eigenvalue weighted by atomic mass is 32.2. The van der Waals surface area contributed by atoms with Crippen LogP contribution in [0.2, 0.25) is 0 Å². The second kappa shape index (κ2) is 6.90. The standard InChI is InChI=1S/C19H13F3N4OS/c1-10(15-23-13-8-4-2-6-11(13)16(27)25-15)28-17-12-7-3-5-9-14(12)24-18(26-17)19(20,21)22/h2-10H,1H3,(H,23,25,27)/t10-/m1/s1. The van der Waals surface area contributed by atoms with Crippen LogP contribution in [0.4, 0.5) is 13.2 Å². The summed E-state index contributed by atoms with van der Waals surface area (Å²) < 4.78 is 39.6.